The second-order valence-electron chi connectivity index (χ2n) is 4.15. The Morgan fingerprint density at radius 2 is 2.13 bits per heavy atom. The predicted molar refractivity (Wildman–Crippen MR) is 63.0 cm³/mol. The van der Waals surface area contributed by atoms with E-state index in [-0.39, 0.29) is 6.10 Å². The summed E-state index contributed by atoms with van der Waals surface area (Å²) in [6, 6.07) is 8.48. The summed E-state index contributed by atoms with van der Waals surface area (Å²) in [5.41, 5.74) is 2.57. The molecule has 0 aliphatic carbocycles. The molecule has 2 nitrogen and oxygen atoms in total. The molecule has 0 radical (unpaired) electrons. The number of aliphatic hydroxyl groups excluding tert-OH is 1. The summed E-state index contributed by atoms with van der Waals surface area (Å²) >= 11 is 0. The zero-order valence-corrected chi connectivity index (χ0v) is 9.27. The Morgan fingerprint density at radius 1 is 1.33 bits per heavy atom. The maximum absolute atomic E-state index is 9.26. The van der Waals surface area contributed by atoms with E-state index in [1.165, 1.54) is 16.5 Å². The Hall–Kier alpha value is -1.28. The highest BCUT2D eigenvalue weighted by Gasteiger charge is 2.03. The first kappa shape index (κ1) is 10.2. The highest BCUT2D eigenvalue weighted by molar-refractivity contribution is 5.83. The van der Waals surface area contributed by atoms with E-state index < -0.39 is 0 Å². The van der Waals surface area contributed by atoms with E-state index in [0.29, 0.717) is 0 Å². The van der Waals surface area contributed by atoms with Crippen LogP contribution in [0.1, 0.15) is 18.9 Å². The Bertz CT molecular complexity index is 457. The quantitative estimate of drug-likeness (QED) is 0.815. The molecule has 1 aromatic heterocycles. The van der Waals surface area contributed by atoms with Crippen LogP contribution in [-0.2, 0) is 6.54 Å². The molecule has 0 spiro atoms. The lowest BCUT2D eigenvalue weighted by atomic mass is 10.1. The van der Waals surface area contributed by atoms with Gasteiger partial charge in [0.1, 0.15) is 0 Å². The van der Waals surface area contributed by atoms with E-state index in [0.717, 1.165) is 13.0 Å². The summed E-state index contributed by atoms with van der Waals surface area (Å²) in [6.45, 7) is 4.84. The van der Waals surface area contributed by atoms with Gasteiger partial charge in [-0.05, 0) is 38.0 Å². The van der Waals surface area contributed by atoms with E-state index in [4.69, 9.17) is 0 Å². The molecule has 0 saturated carbocycles. The maximum atomic E-state index is 9.26. The Kier molecular flexibility index (Phi) is 2.78. The summed E-state index contributed by atoms with van der Waals surface area (Å²) in [5, 5.41) is 10.6. The molecule has 0 saturated heterocycles. The smallest absolute Gasteiger partial charge is 0.0529 e. The van der Waals surface area contributed by atoms with Crippen molar-refractivity contribution in [2.45, 2.75) is 32.9 Å². The molecule has 0 aliphatic rings. The third kappa shape index (κ3) is 2.05. The molecule has 2 rings (SSSR count). The highest BCUT2D eigenvalue weighted by atomic mass is 16.3. The van der Waals surface area contributed by atoms with E-state index >= 15 is 0 Å². The van der Waals surface area contributed by atoms with Crippen molar-refractivity contribution < 1.29 is 5.11 Å². The van der Waals surface area contributed by atoms with Crippen molar-refractivity contribution in [1.29, 1.82) is 0 Å². The van der Waals surface area contributed by atoms with Gasteiger partial charge >= 0.3 is 0 Å². The monoisotopic (exact) mass is 203 g/mol. The van der Waals surface area contributed by atoms with Crippen LogP contribution in [0.4, 0.5) is 0 Å². The number of rotatable bonds is 3. The fourth-order valence-electron chi connectivity index (χ4n) is 1.90. The van der Waals surface area contributed by atoms with Crippen LogP contribution < -0.4 is 0 Å². The molecule has 0 fully saturated rings. The van der Waals surface area contributed by atoms with E-state index in [9.17, 15) is 5.11 Å². The third-order valence-corrected chi connectivity index (χ3v) is 2.82. The lowest BCUT2D eigenvalue weighted by molar-refractivity contribution is 0.178. The average Bonchev–Trinajstić information content (AvgIpc) is 2.59. The van der Waals surface area contributed by atoms with Gasteiger partial charge < -0.3 is 9.67 Å². The van der Waals surface area contributed by atoms with E-state index in [2.05, 4.69) is 42.0 Å². The maximum Gasteiger partial charge on any atom is 0.0529 e. The lowest BCUT2D eigenvalue weighted by Gasteiger charge is -2.07. The number of hydrogen-bond acceptors (Lipinski definition) is 1. The third-order valence-electron chi connectivity index (χ3n) is 2.82. The van der Waals surface area contributed by atoms with Crippen molar-refractivity contribution in [2.75, 3.05) is 0 Å². The lowest BCUT2D eigenvalue weighted by Crippen LogP contribution is -2.05. The molecule has 80 valence electrons. The molecule has 2 heteroatoms. The Morgan fingerprint density at radius 3 is 2.87 bits per heavy atom. The normalized spacial score (nSPS) is 13.3. The van der Waals surface area contributed by atoms with Crippen LogP contribution in [-0.4, -0.2) is 15.8 Å². The molecule has 0 bridgehead atoms. The summed E-state index contributed by atoms with van der Waals surface area (Å²) in [4.78, 5) is 0. The Labute approximate surface area is 90.2 Å². The van der Waals surface area contributed by atoms with Crippen LogP contribution in [0.15, 0.2) is 30.5 Å². The molecule has 0 aliphatic heterocycles. The molecule has 15 heavy (non-hydrogen) atoms. The summed E-state index contributed by atoms with van der Waals surface area (Å²) in [5.74, 6) is 0. The van der Waals surface area contributed by atoms with Gasteiger partial charge in [-0.1, -0.05) is 12.1 Å². The SMILES string of the molecule is Cc1cccc2c1ccn2CCC(C)O. The van der Waals surface area contributed by atoms with Gasteiger partial charge in [0.15, 0.2) is 0 Å². The molecular formula is C13H17NO. The van der Waals surface area contributed by atoms with Gasteiger partial charge in [-0.3, -0.25) is 0 Å². The van der Waals surface area contributed by atoms with Crippen molar-refractivity contribution in [3.8, 4) is 0 Å². The van der Waals surface area contributed by atoms with Crippen LogP contribution in [0.25, 0.3) is 10.9 Å². The van der Waals surface area contributed by atoms with Crippen LogP contribution in [0, 0.1) is 6.92 Å². The molecule has 2 aromatic rings. The van der Waals surface area contributed by atoms with Crippen LogP contribution >= 0.6 is 0 Å². The number of aromatic nitrogens is 1. The number of fused-ring (bicyclic) bond motifs is 1. The molecular weight excluding hydrogens is 186 g/mol. The van der Waals surface area contributed by atoms with Gasteiger partial charge in [0.25, 0.3) is 0 Å². The second kappa shape index (κ2) is 4.07. The number of hydrogen-bond donors (Lipinski definition) is 1. The zero-order chi connectivity index (χ0) is 10.8. The van der Waals surface area contributed by atoms with Crippen molar-refractivity contribution in [1.82, 2.24) is 4.57 Å². The fraction of sp³-hybridized carbons (Fsp3) is 0.385. The minimum absolute atomic E-state index is 0.229. The van der Waals surface area contributed by atoms with Crippen molar-refractivity contribution in [3.63, 3.8) is 0 Å². The number of aliphatic hydroxyl groups is 1. The average molecular weight is 203 g/mol. The van der Waals surface area contributed by atoms with Gasteiger partial charge in [-0.2, -0.15) is 0 Å². The van der Waals surface area contributed by atoms with Crippen LogP contribution in [0.5, 0.6) is 0 Å². The molecule has 1 aromatic carbocycles. The fourth-order valence-corrected chi connectivity index (χ4v) is 1.90. The summed E-state index contributed by atoms with van der Waals surface area (Å²) in [7, 11) is 0. The van der Waals surface area contributed by atoms with Crippen LogP contribution in [0.3, 0.4) is 0 Å². The van der Waals surface area contributed by atoms with Crippen molar-refractivity contribution >= 4 is 10.9 Å². The first-order valence-corrected chi connectivity index (χ1v) is 5.41. The van der Waals surface area contributed by atoms with E-state index in [1.54, 1.807) is 0 Å². The first-order chi connectivity index (χ1) is 7.18. The van der Waals surface area contributed by atoms with Gasteiger partial charge in [-0.15, -0.1) is 0 Å². The largest absolute Gasteiger partial charge is 0.393 e. The van der Waals surface area contributed by atoms with Crippen LogP contribution in [0.2, 0.25) is 0 Å². The minimum Gasteiger partial charge on any atom is -0.393 e. The van der Waals surface area contributed by atoms with Crippen molar-refractivity contribution in [3.05, 3.63) is 36.0 Å². The molecule has 1 unspecified atom stereocenters. The Balaban J connectivity index is 2.33. The van der Waals surface area contributed by atoms with Gasteiger partial charge in [-0.25, -0.2) is 0 Å². The topological polar surface area (TPSA) is 25.2 Å². The summed E-state index contributed by atoms with van der Waals surface area (Å²) < 4.78 is 2.20. The number of nitrogens with zero attached hydrogens (tertiary/aromatic N) is 1. The standard InChI is InChI=1S/C13H17NO/c1-10-4-3-5-13-12(10)7-9-14(13)8-6-11(2)15/h3-5,7,9,11,15H,6,8H2,1-2H3. The summed E-state index contributed by atoms with van der Waals surface area (Å²) in [6.07, 6.45) is 2.67. The molecule has 1 atom stereocenters. The number of aryl methyl sites for hydroxylation is 2. The van der Waals surface area contributed by atoms with Gasteiger partial charge in [0, 0.05) is 23.6 Å². The van der Waals surface area contributed by atoms with E-state index in [1.807, 2.05) is 6.92 Å². The van der Waals surface area contributed by atoms with Gasteiger partial charge in [0.05, 0.1) is 6.10 Å². The minimum atomic E-state index is -0.229. The second-order valence-corrected chi connectivity index (χ2v) is 4.15. The first-order valence-electron chi connectivity index (χ1n) is 5.41. The van der Waals surface area contributed by atoms with Crippen molar-refractivity contribution in [2.24, 2.45) is 0 Å². The number of benzene rings is 1. The highest BCUT2D eigenvalue weighted by Crippen LogP contribution is 2.19. The molecule has 1 heterocycles. The van der Waals surface area contributed by atoms with Gasteiger partial charge in [0.2, 0.25) is 0 Å². The molecule has 1 N–H and O–H groups in total. The molecule has 0 amide bonds. The predicted octanol–water partition coefficient (Wildman–Crippen LogP) is 2.72. The zero-order valence-electron chi connectivity index (χ0n) is 9.27.